The molecule has 25 heavy (non-hydrogen) atoms. The molecule has 0 bridgehead atoms. The zero-order valence-electron chi connectivity index (χ0n) is 15.1. The van der Waals surface area contributed by atoms with Crippen molar-refractivity contribution in [1.29, 1.82) is 0 Å². The second-order valence-corrected chi connectivity index (χ2v) is 7.34. The molecule has 3 atom stereocenters. The van der Waals surface area contributed by atoms with Gasteiger partial charge in [0.2, 0.25) is 5.88 Å². The minimum absolute atomic E-state index is 0.0587. The Kier molecular flexibility index (Phi) is 3.86. The van der Waals surface area contributed by atoms with Crippen LogP contribution in [0.25, 0.3) is 0 Å². The number of nitrogens with zero attached hydrogens (tertiary/aromatic N) is 2. The van der Waals surface area contributed by atoms with E-state index in [-0.39, 0.29) is 17.3 Å². The van der Waals surface area contributed by atoms with Crippen molar-refractivity contribution >= 4 is 5.78 Å². The number of hydrogen-bond donors (Lipinski definition) is 0. The van der Waals surface area contributed by atoms with Crippen LogP contribution in [0.4, 0.5) is 0 Å². The summed E-state index contributed by atoms with van der Waals surface area (Å²) >= 11 is 0. The van der Waals surface area contributed by atoms with Crippen LogP contribution in [-0.4, -0.2) is 22.9 Å². The molecule has 2 aliphatic rings. The number of benzene rings is 1. The van der Waals surface area contributed by atoms with E-state index >= 15 is 0 Å². The number of aromatic nitrogens is 2. The van der Waals surface area contributed by atoms with E-state index in [1.165, 1.54) is 5.56 Å². The molecule has 1 aromatic heterocycles. The van der Waals surface area contributed by atoms with Crippen molar-refractivity contribution < 1.29 is 9.53 Å². The molecule has 0 saturated heterocycles. The lowest BCUT2D eigenvalue weighted by Crippen LogP contribution is -2.50. The van der Waals surface area contributed by atoms with Gasteiger partial charge in [0, 0.05) is 23.3 Å². The van der Waals surface area contributed by atoms with Gasteiger partial charge in [-0.1, -0.05) is 37.3 Å². The molecule has 4 heteroatoms. The largest absolute Gasteiger partial charge is 0.481 e. The highest BCUT2D eigenvalue weighted by molar-refractivity contribution is 5.83. The van der Waals surface area contributed by atoms with Crippen molar-refractivity contribution in [3.05, 3.63) is 53.0 Å². The van der Waals surface area contributed by atoms with Crippen molar-refractivity contribution in [2.24, 2.45) is 11.8 Å². The molecule has 4 rings (SSSR count). The van der Waals surface area contributed by atoms with E-state index in [0.29, 0.717) is 18.1 Å². The van der Waals surface area contributed by atoms with Crippen LogP contribution in [0.5, 0.6) is 5.88 Å². The molecule has 4 nitrogen and oxygen atoms in total. The maximum atomic E-state index is 12.5. The van der Waals surface area contributed by atoms with Gasteiger partial charge in [-0.15, -0.1) is 0 Å². The molecular formula is C21H24N2O2. The number of Topliss-reactive ketones (excluding diaryl/α,β-unsaturated/α-hetero) is 1. The van der Waals surface area contributed by atoms with Gasteiger partial charge in [0.1, 0.15) is 11.6 Å². The second kappa shape index (κ2) is 5.94. The molecule has 1 aromatic carbocycles. The SMILES string of the molecule is COc1nc(C)nc2c1CC[C@H]1[C@H](C)C(=O)CC[C@]21c1ccccc1. The van der Waals surface area contributed by atoms with E-state index in [4.69, 9.17) is 9.72 Å². The molecule has 0 spiro atoms. The van der Waals surface area contributed by atoms with E-state index in [2.05, 4.69) is 36.2 Å². The van der Waals surface area contributed by atoms with Crippen molar-refractivity contribution in [3.8, 4) is 5.88 Å². The van der Waals surface area contributed by atoms with Crippen LogP contribution in [-0.2, 0) is 16.6 Å². The van der Waals surface area contributed by atoms with Crippen LogP contribution in [0.15, 0.2) is 30.3 Å². The molecule has 1 saturated carbocycles. The summed E-state index contributed by atoms with van der Waals surface area (Å²) in [6, 6.07) is 10.6. The number of hydrogen-bond acceptors (Lipinski definition) is 4. The zero-order chi connectivity index (χ0) is 17.6. The highest BCUT2D eigenvalue weighted by atomic mass is 16.5. The first-order valence-electron chi connectivity index (χ1n) is 9.08. The summed E-state index contributed by atoms with van der Waals surface area (Å²) in [6.07, 6.45) is 3.27. The first-order chi connectivity index (χ1) is 12.1. The Morgan fingerprint density at radius 2 is 1.92 bits per heavy atom. The van der Waals surface area contributed by atoms with Gasteiger partial charge in [0.05, 0.1) is 12.8 Å². The molecule has 0 aliphatic heterocycles. The van der Waals surface area contributed by atoms with Gasteiger partial charge in [-0.05, 0) is 37.7 Å². The van der Waals surface area contributed by atoms with Crippen LogP contribution >= 0.6 is 0 Å². The molecular weight excluding hydrogens is 312 g/mol. The fraction of sp³-hybridized carbons (Fsp3) is 0.476. The van der Waals surface area contributed by atoms with Crippen molar-refractivity contribution in [1.82, 2.24) is 9.97 Å². The molecule has 0 N–H and O–H groups in total. The summed E-state index contributed by atoms with van der Waals surface area (Å²) in [7, 11) is 1.68. The van der Waals surface area contributed by atoms with Crippen molar-refractivity contribution in [3.63, 3.8) is 0 Å². The number of rotatable bonds is 2. The summed E-state index contributed by atoms with van der Waals surface area (Å²) < 4.78 is 5.58. The minimum Gasteiger partial charge on any atom is -0.481 e. The number of ketones is 1. The van der Waals surface area contributed by atoms with Crippen LogP contribution < -0.4 is 4.74 Å². The number of ether oxygens (including phenoxy) is 1. The number of carbonyl (C=O) groups excluding carboxylic acids is 1. The molecule has 1 fully saturated rings. The molecule has 1 heterocycles. The molecule has 0 amide bonds. The van der Waals surface area contributed by atoms with Crippen LogP contribution in [0.3, 0.4) is 0 Å². The van der Waals surface area contributed by atoms with Gasteiger partial charge in [-0.2, -0.15) is 4.98 Å². The standard InChI is InChI=1S/C21H24N2O2/c1-13-17-10-9-16-19(22-14(2)23-20(16)25-3)21(17,12-11-18(13)24)15-7-5-4-6-8-15/h4-8,13,17H,9-12H2,1-3H3/t13-,17-,21+/m0/s1. The topological polar surface area (TPSA) is 52.1 Å². The van der Waals surface area contributed by atoms with E-state index < -0.39 is 0 Å². The maximum absolute atomic E-state index is 12.5. The van der Waals surface area contributed by atoms with Gasteiger partial charge in [-0.25, -0.2) is 4.98 Å². The van der Waals surface area contributed by atoms with E-state index in [9.17, 15) is 4.79 Å². The smallest absolute Gasteiger partial charge is 0.219 e. The Balaban J connectivity index is 2.01. The lowest BCUT2D eigenvalue weighted by atomic mass is 9.53. The number of methoxy groups -OCH3 is 1. The predicted molar refractivity (Wildman–Crippen MR) is 95.8 cm³/mol. The summed E-state index contributed by atoms with van der Waals surface area (Å²) in [6.45, 7) is 4.02. The average molecular weight is 336 g/mol. The number of aryl methyl sites for hydroxylation is 1. The highest BCUT2D eigenvalue weighted by Gasteiger charge is 2.53. The van der Waals surface area contributed by atoms with Gasteiger partial charge in [-0.3, -0.25) is 4.79 Å². The van der Waals surface area contributed by atoms with Crippen LogP contribution in [0.2, 0.25) is 0 Å². The lowest BCUT2D eigenvalue weighted by molar-refractivity contribution is -0.128. The Morgan fingerprint density at radius 3 is 2.64 bits per heavy atom. The maximum Gasteiger partial charge on any atom is 0.219 e. The normalized spacial score (nSPS) is 28.2. The van der Waals surface area contributed by atoms with Gasteiger partial charge in [0.25, 0.3) is 0 Å². The van der Waals surface area contributed by atoms with Crippen molar-refractivity contribution in [2.45, 2.75) is 44.9 Å². The molecule has 2 aliphatic carbocycles. The Hall–Kier alpha value is -2.23. The predicted octanol–water partition coefficient (Wildman–Crippen LogP) is 3.64. The molecule has 0 unspecified atom stereocenters. The lowest BCUT2D eigenvalue weighted by Gasteiger charge is -2.50. The third kappa shape index (κ3) is 2.30. The van der Waals surface area contributed by atoms with Gasteiger partial charge < -0.3 is 4.74 Å². The van der Waals surface area contributed by atoms with E-state index in [0.717, 1.165) is 36.3 Å². The minimum atomic E-state index is -0.219. The molecule has 130 valence electrons. The van der Waals surface area contributed by atoms with Gasteiger partial charge >= 0.3 is 0 Å². The van der Waals surface area contributed by atoms with Crippen molar-refractivity contribution in [2.75, 3.05) is 7.11 Å². The monoisotopic (exact) mass is 336 g/mol. The summed E-state index contributed by atoms with van der Waals surface area (Å²) in [5.74, 6) is 2.15. The average Bonchev–Trinajstić information content (AvgIpc) is 2.64. The highest BCUT2D eigenvalue weighted by Crippen LogP contribution is 2.55. The summed E-state index contributed by atoms with van der Waals surface area (Å²) in [5, 5.41) is 0. The zero-order valence-corrected chi connectivity index (χ0v) is 15.1. The van der Waals surface area contributed by atoms with Crippen LogP contribution in [0.1, 0.15) is 48.8 Å². The van der Waals surface area contributed by atoms with E-state index in [1.807, 2.05) is 13.0 Å². The molecule has 2 aromatic rings. The first kappa shape index (κ1) is 16.2. The Morgan fingerprint density at radius 1 is 1.16 bits per heavy atom. The number of fused-ring (bicyclic) bond motifs is 3. The first-order valence-corrected chi connectivity index (χ1v) is 9.08. The second-order valence-electron chi connectivity index (χ2n) is 7.34. The fourth-order valence-electron chi connectivity index (χ4n) is 5.04. The Labute approximate surface area is 148 Å². The summed E-state index contributed by atoms with van der Waals surface area (Å²) in [4.78, 5) is 21.9. The molecule has 0 radical (unpaired) electrons. The summed E-state index contributed by atoms with van der Waals surface area (Å²) in [5.41, 5.74) is 3.25. The fourth-order valence-corrected chi connectivity index (χ4v) is 5.04. The third-order valence-electron chi connectivity index (χ3n) is 6.20. The van der Waals surface area contributed by atoms with Gasteiger partial charge in [0.15, 0.2) is 0 Å². The third-order valence-corrected chi connectivity index (χ3v) is 6.20. The number of carbonyl (C=O) groups is 1. The Bertz CT molecular complexity index is 818. The van der Waals surface area contributed by atoms with E-state index in [1.54, 1.807) is 7.11 Å². The van der Waals surface area contributed by atoms with Crippen LogP contribution in [0, 0.1) is 18.8 Å². The quantitative estimate of drug-likeness (QED) is 0.840.